The maximum absolute atomic E-state index is 13.1. The Morgan fingerprint density at radius 1 is 0.944 bits per heavy atom. The average molecular weight is 522 g/mol. The minimum Gasteiger partial charge on any atom is -0.368 e. The van der Waals surface area contributed by atoms with Gasteiger partial charge in [-0.25, -0.2) is 8.42 Å². The predicted octanol–water partition coefficient (Wildman–Crippen LogP) is 4.76. The number of piperazine rings is 1. The number of fused-ring (bicyclic) bond motifs is 2. The summed E-state index contributed by atoms with van der Waals surface area (Å²) in [5.41, 5.74) is 2.11. The van der Waals surface area contributed by atoms with Crippen molar-refractivity contribution in [3.63, 3.8) is 0 Å². The summed E-state index contributed by atoms with van der Waals surface area (Å²) in [6.07, 6.45) is 0.462. The van der Waals surface area contributed by atoms with Gasteiger partial charge in [-0.3, -0.25) is 9.80 Å². The number of benzene rings is 2. The molecule has 5 rings (SSSR count). The van der Waals surface area contributed by atoms with Crippen LogP contribution in [0, 0.1) is 5.92 Å². The first kappa shape index (κ1) is 25.5. The van der Waals surface area contributed by atoms with Crippen LogP contribution >= 0.6 is 0 Å². The molecule has 3 fully saturated rings. The van der Waals surface area contributed by atoms with Crippen molar-refractivity contribution in [1.29, 1.82) is 0 Å². The van der Waals surface area contributed by atoms with Crippen LogP contribution in [0.25, 0.3) is 0 Å². The van der Waals surface area contributed by atoms with Crippen molar-refractivity contribution in [1.82, 2.24) is 9.80 Å². The largest absolute Gasteiger partial charge is 0.401 e. The second-order valence-corrected chi connectivity index (χ2v) is 12.7. The zero-order chi connectivity index (χ0) is 25.5. The minimum absolute atomic E-state index is 0.0329. The molecule has 0 radical (unpaired) electrons. The highest BCUT2D eigenvalue weighted by atomic mass is 32.2. The lowest BCUT2D eigenvalue weighted by atomic mass is 9.89. The second-order valence-electron chi connectivity index (χ2n) is 10.6. The van der Waals surface area contributed by atoms with Crippen LogP contribution in [0.5, 0.6) is 0 Å². The molecular weight excluding hydrogens is 487 g/mol. The van der Waals surface area contributed by atoms with Gasteiger partial charge < -0.3 is 4.90 Å². The van der Waals surface area contributed by atoms with Crippen LogP contribution in [0.2, 0.25) is 0 Å². The molecule has 5 nitrogen and oxygen atoms in total. The summed E-state index contributed by atoms with van der Waals surface area (Å²) in [4.78, 5) is 6.77. The Bertz CT molecular complexity index is 1140. The average Bonchev–Trinajstić information content (AvgIpc) is 3.05. The number of rotatable bonds is 6. The van der Waals surface area contributed by atoms with Crippen LogP contribution in [-0.4, -0.2) is 75.5 Å². The maximum atomic E-state index is 13.1. The molecule has 2 aromatic carbocycles. The van der Waals surface area contributed by atoms with E-state index in [1.807, 2.05) is 24.3 Å². The van der Waals surface area contributed by atoms with E-state index in [4.69, 9.17) is 0 Å². The van der Waals surface area contributed by atoms with E-state index in [0.717, 1.165) is 57.5 Å². The first-order valence-corrected chi connectivity index (χ1v) is 14.6. The van der Waals surface area contributed by atoms with Crippen molar-refractivity contribution in [2.45, 2.75) is 54.9 Å². The number of sulfone groups is 1. The molecule has 3 aliphatic heterocycles. The van der Waals surface area contributed by atoms with Gasteiger partial charge in [-0.15, -0.1) is 0 Å². The van der Waals surface area contributed by atoms with Crippen molar-refractivity contribution in [2.75, 3.05) is 43.9 Å². The zero-order valence-electron chi connectivity index (χ0n) is 20.6. The summed E-state index contributed by atoms with van der Waals surface area (Å²) in [5, 5.41) is 0. The van der Waals surface area contributed by atoms with Gasteiger partial charge in [0, 0.05) is 50.2 Å². The fourth-order valence-corrected chi connectivity index (χ4v) is 7.17. The van der Waals surface area contributed by atoms with E-state index in [-0.39, 0.29) is 18.1 Å². The molecule has 36 heavy (non-hydrogen) atoms. The van der Waals surface area contributed by atoms with E-state index < -0.39 is 22.6 Å². The molecule has 196 valence electrons. The van der Waals surface area contributed by atoms with E-state index in [1.54, 1.807) is 23.1 Å². The molecule has 4 atom stereocenters. The Morgan fingerprint density at radius 2 is 1.64 bits per heavy atom. The third-order valence-corrected chi connectivity index (χ3v) is 9.23. The lowest BCUT2D eigenvalue weighted by Crippen LogP contribution is -2.52. The molecule has 0 aromatic heterocycles. The van der Waals surface area contributed by atoms with E-state index in [1.165, 1.54) is 11.8 Å². The first-order chi connectivity index (χ1) is 17.1. The molecule has 3 aliphatic rings. The number of hydrogen-bond acceptors (Lipinski definition) is 5. The maximum Gasteiger partial charge on any atom is 0.401 e. The van der Waals surface area contributed by atoms with Crippen molar-refractivity contribution in [2.24, 2.45) is 5.92 Å². The summed E-state index contributed by atoms with van der Waals surface area (Å²) in [6.45, 7) is 2.42. The van der Waals surface area contributed by atoms with Crippen molar-refractivity contribution >= 4 is 15.5 Å². The molecule has 0 aliphatic carbocycles. The summed E-state index contributed by atoms with van der Waals surface area (Å²) in [6, 6.07) is 17.7. The second kappa shape index (κ2) is 9.99. The number of piperidine rings is 1. The van der Waals surface area contributed by atoms with Gasteiger partial charge in [-0.2, -0.15) is 13.2 Å². The van der Waals surface area contributed by atoms with Gasteiger partial charge in [-0.1, -0.05) is 36.4 Å². The Hall–Kier alpha value is -2.10. The van der Waals surface area contributed by atoms with Crippen LogP contribution in [0.15, 0.2) is 59.5 Å². The molecule has 0 amide bonds. The van der Waals surface area contributed by atoms with Gasteiger partial charge in [0.1, 0.15) is 0 Å². The van der Waals surface area contributed by atoms with Gasteiger partial charge in [0.2, 0.25) is 0 Å². The van der Waals surface area contributed by atoms with Gasteiger partial charge in [0.15, 0.2) is 9.84 Å². The number of anilines is 1. The Kier molecular flexibility index (Phi) is 7.09. The molecular formula is C27H34F3N3O2S. The van der Waals surface area contributed by atoms with Crippen LogP contribution in [0.3, 0.4) is 0 Å². The van der Waals surface area contributed by atoms with Crippen molar-refractivity contribution < 1.29 is 21.6 Å². The summed E-state index contributed by atoms with van der Waals surface area (Å²) < 4.78 is 63.5. The molecule has 0 spiro atoms. The smallest absolute Gasteiger partial charge is 0.368 e. The molecule has 0 saturated carbocycles. The molecule has 9 heteroatoms. The molecule has 2 bridgehead atoms. The molecule has 3 heterocycles. The quantitative estimate of drug-likeness (QED) is 0.549. The van der Waals surface area contributed by atoms with Crippen LogP contribution in [-0.2, 0) is 9.84 Å². The highest BCUT2D eigenvalue weighted by molar-refractivity contribution is 7.90. The monoisotopic (exact) mass is 521 g/mol. The normalized spacial score (nSPS) is 27.9. The van der Waals surface area contributed by atoms with Gasteiger partial charge >= 0.3 is 6.18 Å². The summed E-state index contributed by atoms with van der Waals surface area (Å²) >= 11 is 0. The molecule has 3 saturated heterocycles. The van der Waals surface area contributed by atoms with Crippen molar-refractivity contribution in [3.8, 4) is 0 Å². The Labute approximate surface area is 211 Å². The first-order valence-electron chi connectivity index (χ1n) is 12.7. The van der Waals surface area contributed by atoms with Crippen LogP contribution in [0.4, 0.5) is 18.9 Å². The van der Waals surface area contributed by atoms with Gasteiger partial charge in [0.05, 0.1) is 17.5 Å². The number of nitrogens with zero attached hydrogens (tertiary/aromatic N) is 3. The Balaban J connectivity index is 1.32. The van der Waals surface area contributed by atoms with E-state index in [0.29, 0.717) is 10.8 Å². The molecule has 0 N–H and O–H groups in total. The predicted molar refractivity (Wildman–Crippen MR) is 135 cm³/mol. The van der Waals surface area contributed by atoms with E-state index in [9.17, 15) is 21.6 Å². The topological polar surface area (TPSA) is 43.9 Å². The van der Waals surface area contributed by atoms with Crippen LogP contribution in [0.1, 0.15) is 37.3 Å². The zero-order valence-corrected chi connectivity index (χ0v) is 21.4. The van der Waals surface area contributed by atoms with Crippen molar-refractivity contribution in [3.05, 3.63) is 60.2 Å². The number of alkyl halides is 3. The molecule has 1 unspecified atom stereocenters. The summed E-state index contributed by atoms with van der Waals surface area (Å²) in [7, 11) is -3.29. The third-order valence-electron chi connectivity index (χ3n) is 8.12. The Morgan fingerprint density at radius 3 is 2.28 bits per heavy atom. The van der Waals surface area contributed by atoms with Gasteiger partial charge in [-0.05, 0) is 55.4 Å². The van der Waals surface area contributed by atoms with E-state index in [2.05, 4.69) is 21.9 Å². The fraction of sp³-hybridized carbons (Fsp3) is 0.556. The third kappa shape index (κ3) is 5.73. The summed E-state index contributed by atoms with van der Waals surface area (Å²) in [5.74, 6) is 0.387. The highest BCUT2D eigenvalue weighted by Crippen LogP contribution is 2.41. The highest BCUT2D eigenvalue weighted by Gasteiger charge is 2.46. The fourth-order valence-electron chi connectivity index (χ4n) is 6.51. The number of halogens is 3. The minimum atomic E-state index is -4.14. The standard InChI is InChI=1S/C27H34F3N3O2S/c1-36(34,35)25-9-5-8-22(16-25)31-12-13-32(26(18-31)21-6-3-2-4-7-21)17-20-14-23-10-11-24(15-20)33(23)19-27(28,29)30/h2-9,16,20,23-24,26H,10-15,17-19H2,1H3/t20?,23-,24+,26-/m1/s1. The van der Waals surface area contributed by atoms with E-state index >= 15 is 0 Å². The molecule has 2 aromatic rings. The number of hydrogen-bond donors (Lipinski definition) is 0. The SMILES string of the molecule is CS(=O)(=O)c1cccc(N2CCN(CC3C[C@H]4CC[C@@H](C3)N4CC(F)(F)F)[C@@H](c3ccccc3)C2)c1. The lowest BCUT2D eigenvalue weighted by molar-refractivity contribution is -0.157. The lowest BCUT2D eigenvalue weighted by Gasteiger charge is -2.46. The van der Waals surface area contributed by atoms with Crippen LogP contribution < -0.4 is 4.90 Å². The van der Waals surface area contributed by atoms with Gasteiger partial charge in [0.25, 0.3) is 0 Å².